The van der Waals surface area contributed by atoms with E-state index in [9.17, 15) is 4.79 Å². The van der Waals surface area contributed by atoms with Gasteiger partial charge in [-0.3, -0.25) is 4.79 Å². The monoisotopic (exact) mass is 183 g/mol. The van der Waals surface area contributed by atoms with Crippen molar-refractivity contribution < 1.29 is 4.79 Å². The molecule has 0 saturated heterocycles. The molecule has 2 heteroatoms. The van der Waals surface area contributed by atoms with Crippen molar-refractivity contribution in [2.24, 2.45) is 5.41 Å². The Balaban J connectivity index is 2.07. The molecular weight excluding hydrogens is 162 g/mol. The van der Waals surface area contributed by atoms with E-state index >= 15 is 0 Å². The lowest BCUT2D eigenvalue weighted by Gasteiger charge is -2.22. The number of hydrogen-bond donors (Lipinski definition) is 1. The van der Waals surface area contributed by atoms with Crippen LogP contribution in [0.4, 0.5) is 0 Å². The summed E-state index contributed by atoms with van der Waals surface area (Å²) in [6.45, 7) is 4.82. The van der Waals surface area contributed by atoms with Gasteiger partial charge < -0.3 is 5.32 Å². The van der Waals surface area contributed by atoms with Gasteiger partial charge in [-0.15, -0.1) is 0 Å². The Hall–Kier alpha value is -0.530. The van der Waals surface area contributed by atoms with Gasteiger partial charge in [-0.1, -0.05) is 19.8 Å². The van der Waals surface area contributed by atoms with Crippen LogP contribution in [0.25, 0.3) is 0 Å². The fraction of sp³-hybridized carbons (Fsp3) is 0.909. The Bertz CT molecular complexity index is 171. The van der Waals surface area contributed by atoms with Crippen LogP contribution in [0.3, 0.4) is 0 Å². The van der Waals surface area contributed by atoms with E-state index in [-0.39, 0.29) is 5.91 Å². The first kappa shape index (κ1) is 10.6. The molecule has 0 heterocycles. The van der Waals surface area contributed by atoms with Gasteiger partial charge in [0.05, 0.1) is 0 Å². The van der Waals surface area contributed by atoms with E-state index in [1.807, 2.05) is 0 Å². The molecule has 13 heavy (non-hydrogen) atoms. The predicted octanol–water partition coefficient (Wildman–Crippen LogP) is 2.48. The van der Waals surface area contributed by atoms with Gasteiger partial charge in [0.2, 0.25) is 5.91 Å². The third kappa shape index (κ3) is 3.79. The minimum absolute atomic E-state index is 0.0941. The van der Waals surface area contributed by atoms with E-state index in [1.54, 1.807) is 6.92 Å². The summed E-state index contributed by atoms with van der Waals surface area (Å²) in [5.74, 6) is 0.0941. The topological polar surface area (TPSA) is 29.1 Å². The third-order valence-electron chi connectivity index (χ3n) is 3.14. The zero-order valence-corrected chi connectivity index (χ0v) is 8.86. The molecule has 1 N–H and O–H groups in total. The highest BCUT2D eigenvalue weighted by molar-refractivity contribution is 5.72. The lowest BCUT2D eigenvalue weighted by Crippen LogP contribution is -2.22. The van der Waals surface area contributed by atoms with Crippen molar-refractivity contribution in [3.8, 4) is 0 Å². The molecule has 0 unspecified atom stereocenters. The summed E-state index contributed by atoms with van der Waals surface area (Å²) in [6.07, 6.45) is 7.97. The highest BCUT2D eigenvalue weighted by atomic mass is 16.1. The van der Waals surface area contributed by atoms with Crippen molar-refractivity contribution in [3.05, 3.63) is 0 Å². The van der Waals surface area contributed by atoms with Gasteiger partial charge >= 0.3 is 0 Å². The molecule has 76 valence electrons. The van der Waals surface area contributed by atoms with Crippen LogP contribution in [0.15, 0.2) is 0 Å². The standard InChI is InChI=1S/C11H21NO/c1-10(13)12-9-5-8-11(2)6-3-4-7-11/h3-9H2,1-2H3,(H,12,13). The van der Waals surface area contributed by atoms with Crippen LogP contribution in [-0.2, 0) is 4.79 Å². The maximum Gasteiger partial charge on any atom is 0.216 e. The maximum absolute atomic E-state index is 10.6. The van der Waals surface area contributed by atoms with Crippen LogP contribution in [0.2, 0.25) is 0 Å². The summed E-state index contributed by atoms with van der Waals surface area (Å²) in [5.41, 5.74) is 0.582. The first-order valence-corrected chi connectivity index (χ1v) is 5.37. The number of amides is 1. The van der Waals surface area contributed by atoms with Crippen LogP contribution in [0.1, 0.15) is 52.4 Å². The molecular formula is C11H21NO. The highest BCUT2D eigenvalue weighted by Crippen LogP contribution is 2.41. The number of rotatable bonds is 4. The van der Waals surface area contributed by atoms with E-state index in [4.69, 9.17) is 0 Å². The van der Waals surface area contributed by atoms with E-state index in [2.05, 4.69) is 12.2 Å². The molecule has 0 aliphatic heterocycles. The van der Waals surface area contributed by atoms with Gasteiger partial charge in [0.25, 0.3) is 0 Å². The second kappa shape index (κ2) is 4.64. The summed E-state index contributed by atoms with van der Waals surface area (Å²) in [7, 11) is 0. The van der Waals surface area contributed by atoms with Crippen molar-refractivity contribution in [2.45, 2.75) is 52.4 Å². The van der Waals surface area contributed by atoms with Gasteiger partial charge in [-0.25, -0.2) is 0 Å². The van der Waals surface area contributed by atoms with E-state index in [0.29, 0.717) is 5.41 Å². The highest BCUT2D eigenvalue weighted by Gasteiger charge is 2.27. The molecule has 0 aromatic rings. The van der Waals surface area contributed by atoms with Gasteiger partial charge in [-0.05, 0) is 31.1 Å². The van der Waals surface area contributed by atoms with E-state index < -0.39 is 0 Å². The Labute approximate surface area is 81.1 Å². The number of carbonyl (C=O) groups is 1. The summed E-state index contributed by atoms with van der Waals surface area (Å²) in [6, 6.07) is 0. The normalized spacial score (nSPS) is 20.2. The maximum atomic E-state index is 10.6. The lowest BCUT2D eigenvalue weighted by molar-refractivity contribution is -0.118. The molecule has 1 fully saturated rings. The molecule has 1 rings (SSSR count). The second-order valence-corrected chi connectivity index (χ2v) is 4.60. The minimum Gasteiger partial charge on any atom is -0.356 e. The van der Waals surface area contributed by atoms with Crippen molar-refractivity contribution in [2.75, 3.05) is 6.54 Å². The van der Waals surface area contributed by atoms with Gasteiger partial charge in [0.15, 0.2) is 0 Å². The minimum atomic E-state index is 0.0941. The van der Waals surface area contributed by atoms with Crippen LogP contribution < -0.4 is 5.32 Å². The summed E-state index contributed by atoms with van der Waals surface area (Å²) in [4.78, 5) is 10.6. The lowest BCUT2D eigenvalue weighted by atomic mass is 9.84. The molecule has 0 aromatic carbocycles. The molecule has 0 aromatic heterocycles. The number of hydrogen-bond acceptors (Lipinski definition) is 1. The van der Waals surface area contributed by atoms with Crippen LogP contribution in [0.5, 0.6) is 0 Å². The summed E-state index contributed by atoms with van der Waals surface area (Å²) < 4.78 is 0. The Morgan fingerprint density at radius 3 is 2.54 bits per heavy atom. The van der Waals surface area contributed by atoms with Crippen LogP contribution >= 0.6 is 0 Å². The Morgan fingerprint density at radius 2 is 2.00 bits per heavy atom. The quantitative estimate of drug-likeness (QED) is 0.666. The largest absolute Gasteiger partial charge is 0.356 e. The van der Waals surface area contributed by atoms with Crippen molar-refractivity contribution >= 4 is 5.91 Å². The molecule has 1 saturated carbocycles. The predicted molar refractivity (Wildman–Crippen MR) is 54.5 cm³/mol. The van der Waals surface area contributed by atoms with Crippen molar-refractivity contribution in [3.63, 3.8) is 0 Å². The SMILES string of the molecule is CC(=O)NCCCC1(C)CCCC1. The molecule has 0 bridgehead atoms. The fourth-order valence-electron chi connectivity index (χ4n) is 2.26. The molecule has 2 nitrogen and oxygen atoms in total. The van der Waals surface area contributed by atoms with Crippen LogP contribution in [0, 0.1) is 5.41 Å². The zero-order valence-electron chi connectivity index (χ0n) is 8.86. The van der Waals surface area contributed by atoms with E-state index in [0.717, 1.165) is 13.0 Å². The number of carbonyl (C=O) groups excluding carboxylic acids is 1. The third-order valence-corrected chi connectivity index (χ3v) is 3.14. The fourth-order valence-corrected chi connectivity index (χ4v) is 2.26. The molecule has 0 atom stereocenters. The summed E-state index contributed by atoms with van der Waals surface area (Å²) >= 11 is 0. The molecule has 0 spiro atoms. The molecule has 1 aliphatic rings. The smallest absolute Gasteiger partial charge is 0.216 e. The van der Waals surface area contributed by atoms with Gasteiger partial charge in [0.1, 0.15) is 0 Å². The van der Waals surface area contributed by atoms with Crippen molar-refractivity contribution in [1.82, 2.24) is 5.32 Å². The molecule has 1 aliphatic carbocycles. The number of nitrogens with one attached hydrogen (secondary N) is 1. The summed E-state index contributed by atoms with van der Waals surface area (Å²) in [5, 5.41) is 2.85. The van der Waals surface area contributed by atoms with E-state index in [1.165, 1.54) is 32.1 Å². The zero-order chi connectivity index (χ0) is 9.73. The average Bonchev–Trinajstić information content (AvgIpc) is 2.47. The second-order valence-electron chi connectivity index (χ2n) is 4.60. The first-order chi connectivity index (χ1) is 6.12. The van der Waals surface area contributed by atoms with Gasteiger partial charge in [0, 0.05) is 13.5 Å². The van der Waals surface area contributed by atoms with Crippen LogP contribution in [-0.4, -0.2) is 12.5 Å². The molecule has 0 radical (unpaired) electrons. The Morgan fingerprint density at radius 1 is 1.38 bits per heavy atom. The Kier molecular flexibility index (Phi) is 3.76. The van der Waals surface area contributed by atoms with Crippen molar-refractivity contribution in [1.29, 1.82) is 0 Å². The first-order valence-electron chi connectivity index (χ1n) is 5.37. The van der Waals surface area contributed by atoms with Gasteiger partial charge in [-0.2, -0.15) is 0 Å². The average molecular weight is 183 g/mol. The molecule has 1 amide bonds.